The van der Waals surface area contributed by atoms with Crippen LogP contribution in [0.15, 0.2) is 29.4 Å². The molecule has 0 saturated carbocycles. The third kappa shape index (κ3) is 3.12. The second kappa shape index (κ2) is 5.77. The zero-order valence-electron chi connectivity index (χ0n) is 13.0. The number of rotatable bonds is 3. The van der Waals surface area contributed by atoms with Gasteiger partial charge >= 0.3 is 0 Å². The van der Waals surface area contributed by atoms with E-state index in [0.29, 0.717) is 30.8 Å². The minimum Gasteiger partial charge on any atom is -0.338 e. The summed E-state index contributed by atoms with van der Waals surface area (Å²) in [6, 6.07) is 3.56. The van der Waals surface area contributed by atoms with Crippen LogP contribution in [0.25, 0.3) is 0 Å². The van der Waals surface area contributed by atoms with Gasteiger partial charge in [0.25, 0.3) is 5.91 Å². The molecule has 8 heteroatoms. The molecular formula is C15H18N4O3S. The number of sulfone groups is 1. The minimum absolute atomic E-state index is 0.0513. The Morgan fingerprint density at radius 3 is 2.78 bits per heavy atom. The van der Waals surface area contributed by atoms with Crippen molar-refractivity contribution in [3.8, 4) is 0 Å². The number of hydrogen-bond acceptors (Lipinski definition) is 5. The SMILES string of the molecule is Cc1ccc(C(=O)N2CC[C@@H](c3[nH]ncc3S(C)(=O)=O)C2)cn1. The normalized spacial score (nSPS) is 18.3. The van der Waals surface area contributed by atoms with Gasteiger partial charge in [-0.05, 0) is 25.5 Å². The first kappa shape index (κ1) is 15.7. The number of pyridine rings is 1. The van der Waals surface area contributed by atoms with Crippen molar-refractivity contribution in [2.45, 2.75) is 24.2 Å². The fraction of sp³-hybridized carbons (Fsp3) is 0.400. The van der Waals surface area contributed by atoms with Crippen molar-refractivity contribution in [1.29, 1.82) is 0 Å². The molecule has 0 aromatic carbocycles. The first-order valence-corrected chi connectivity index (χ1v) is 9.20. The van der Waals surface area contributed by atoms with E-state index in [1.54, 1.807) is 23.2 Å². The second-order valence-electron chi connectivity index (χ2n) is 5.85. The summed E-state index contributed by atoms with van der Waals surface area (Å²) in [6.45, 7) is 2.92. The van der Waals surface area contributed by atoms with E-state index in [1.807, 2.05) is 6.92 Å². The maximum atomic E-state index is 12.5. The van der Waals surface area contributed by atoms with Crippen LogP contribution in [0.4, 0.5) is 0 Å². The van der Waals surface area contributed by atoms with Gasteiger partial charge in [0.05, 0.1) is 17.5 Å². The maximum Gasteiger partial charge on any atom is 0.255 e. The topological polar surface area (TPSA) is 96.0 Å². The van der Waals surface area contributed by atoms with Gasteiger partial charge in [-0.1, -0.05) is 0 Å². The number of likely N-dealkylation sites (tertiary alicyclic amines) is 1. The molecule has 1 aliphatic rings. The van der Waals surface area contributed by atoms with Gasteiger partial charge in [-0.15, -0.1) is 0 Å². The highest BCUT2D eigenvalue weighted by Gasteiger charge is 2.32. The standard InChI is InChI=1S/C15H18N4O3S/c1-10-3-4-11(7-16-10)15(20)19-6-5-12(9-19)14-13(8-17-18-14)23(2,21)22/h3-4,7-8,12H,5-6,9H2,1-2H3,(H,17,18)/t12-/m1/s1. The van der Waals surface area contributed by atoms with Gasteiger partial charge in [-0.2, -0.15) is 5.10 Å². The average Bonchev–Trinajstić information content (AvgIpc) is 3.15. The van der Waals surface area contributed by atoms with E-state index in [4.69, 9.17) is 0 Å². The number of carbonyl (C=O) groups excluding carboxylic acids is 1. The Hall–Kier alpha value is -2.22. The Bertz CT molecular complexity index is 827. The van der Waals surface area contributed by atoms with Crippen molar-refractivity contribution < 1.29 is 13.2 Å². The number of aromatic amines is 1. The molecule has 1 aliphatic heterocycles. The fourth-order valence-corrected chi connectivity index (χ4v) is 3.69. The van der Waals surface area contributed by atoms with E-state index in [0.717, 1.165) is 11.9 Å². The second-order valence-corrected chi connectivity index (χ2v) is 7.83. The van der Waals surface area contributed by atoms with Crippen molar-refractivity contribution in [2.75, 3.05) is 19.3 Å². The molecule has 122 valence electrons. The highest BCUT2D eigenvalue weighted by atomic mass is 32.2. The van der Waals surface area contributed by atoms with E-state index in [-0.39, 0.29) is 16.7 Å². The van der Waals surface area contributed by atoms with Crippen LogP contribution in [-0.2, 0) is 9.84 Å². The summed E-state index contributed by atoms with van der Waals surface area (Å²) in [4.78, 5) is 18.6. The molecule has 3 heterocycles. The summed E-state index contributed by atoms with van der Waals surface area (Å²) in [5.74, 6) is -0.134. The molecule has 1 atom stereocenters. The van der Waals surface area contributed by atoms with Crippen molar-refractivity contribution in [1.82, 2.24) is 20.1 Å². The van der Waals surface area contributed by atoms with Crippen LogP contribution in [0.2, 0.25) is 0 Å². The molecular weight excluding hydrogens is 316 g/mol. The largest absolute Gasteiger partial charge is 0.338 e. The Labute approximate surface area is 134 Å². The number of amides is 1. The molecule has 2 aromatic rings. The maximum absolute atomic E-state index is 12.5. The van der Waals surface area contributed by atoms with Gasteiger partial charge in [0, 0.05) is 37.2 Å². The number of carbonyl (C=O) groups is 1. The van der Waals surface area contributed by atoms with Crippen LogP contribution in [0.1, 0.15) is 34.1 Å². The molecule has 1 saturated heterocycles. The number of nitrogens with one attached hydrogen (secondary N) is 1. The Balaban J connectivity index is 1.78. The van der Waals surface area contributed by atoms with Gasteiger partial charge in [0.2, 0.25) is 0 Å². The Morgan fingerprint density at radius 2 is 2.13 bits per heavy atom. The summed E-state index contributed by atoms with van der Waals surface area (Å²) >= 11 is 0. The minimum atomic E-state index is -3.33. The molecule has 0 aliphatic carbocycles. The van der Waals surface area contributed by atoms with Gasteiger partial charge < -0.3 is 4.90 Å². The lowest BCUT2D eigenvalue weighted by molar-refractivity contribution is 0.0790. The van der Waals surface area contributed by atoms with Crippen LogP contribution in [-0.4, -0.2) is 53.8 Å². The molecule has 2 aromatic heterocycles. The summed E-state index contributed by atoms with van der Waals surface area (Å²) < 4.78 is 23.6. The summed E-state index contributed by atoms with van der Waals surface area (Å²) in [6.07, 6.45) is 4.77. The predicted octanol–water partition coefficient (Wildman–Crippen LogP) is 1.15. The smallest absolute Gasteiger partial charge is 0.255 e. The molecule has 1 amide bonds. The molecule has 0 bridgehead atoms. The van der Waals surface area contributed by atoms with Crippen molar-refractivity contribution in [3.05, 3.63) is 41.5 Å². The van der Waals surface area contributed by atoms with E-state index >= 15 is 0 Å². The monoisotopic (exact) mass is 334 g/mol. The van der Waals surface area contributed by atoms with Crippen molar-refractivity contribution >= 4 is 15.7 Å². The molecule has 23 heavy (non-hydrogen) atoms. The quantitative estimate of drug-likeness (QED) is 0.908. The molecule has 0 unspecified atom stereocenters. The van der Waals surface area contributed by atoms with Crippen LogP contribution in [0.5, 0.6) is 0 Å². The summed E-state index contributed by atoms with van der Waals surface area (Å²) in [5.41, 5.74) is 1.99. The Morgan fingerprint density at radius 1 is 1.35 bits per heavy atom. The third-order valence-corrected chi connectivity index (χ3v) is 5.20. The summed E-state index contributed by atoms with van der Waals surface area (Å²) in [7, 11) is -3.33. The van der Waals surface area contributed by atoms with Crippen LogP contribution in [0.3, 0.4) is 0 Å². The Kier molecular flexibility index (Phi) is 3.93. The number of hydrogen-bond donors (Lipinski definition) is 1. The van der Waals surface area contributed by atoms with Crippen LogP contribution >= 0.6 is 0 Å². The van der Waals surface area contributed by atoms with Gasteiger partial charge in [-0.25, -0.2) is 8.42 Å². The van der Waals surface area contributed by atoms with Gasteiger partial charge in [0.1, 0.15) is 4.90 Å². The number of nitrogens with zero attached hydrogens (tertiary/aromatic N) is 3. The van der Waals surface area contributed by atoms with Gasteiger partial charge in [-0.3, -0.25) is 14.9 Å². The molecule has 0 radical (unpaired) electrons. The molecule has 7 nitrogen and oxygen atoms in total. The first-order valence-electron chi connectivity index (χ1n) is 7.31. The molecule has 1 N–H and O–H groups in total. The predicted molar refractivity (Wildman–Crippen MR) is 83.9 cm³/mol. The zero-order chi connectivity index (χ0) is 16.6. The highest BCUT2D eigenvalue weighted by Crippen LogP contribution is 2.30. The lowest BCUT2D eigenvalue weighted by Crippen LogP contribution is -2.28. The van der Waals surface area contributed by atoms with Crippen LogP contribution in [0, 0.1) is 6.92 Å². The average molecular weight is 334 g/mol. The summed E-state index contributed by atoms with van der Waals surface area (Å²) in [5, 5.41) is 6.63. The van der Waals surface area contributed by atoms with E-state index in [9.17, 15) is 13.2 Å². The van der Waals surface area contributed by atoms with Crippen molar-refractivity contribution in [2.24, 2.45) is 0 Å². The van der Waals surface area contributed by atoms with Crippen LogP contribution < -0.4 is 0 Å². The molecule has 0 spiro atoms. The number of H-pyrrole nitrogens is 1. The number of aromatic nitrogens is 3. The van der Waals surface area contributed by atoms with Crippen molar-refractivity contribution in [3.63, 3.8) is 0 Å². The van der Waals surface area contributed by atoms with E-state index in [2.05, 4.69) is 15.2 Å². The number of aryl methyl sites for hydroxylation is 1. The fourth-order valence-electron chi connectivity index (χ4n) is 2.83. The molecule has 1 fully saturated rings. The first-order chi connectivity index (χ1) is 10.9. The highest BCUT2D eigenvalue weighted by molar-refractivity contribution is 7.90. The van der Waals surface area contributed by atoms with E-state index < -0.39 is 9.84 Å². The lowest BCUT2D eigenvalue weighted by atomic mass is 10.1. The van der Waals surface area contributed by atoms with Gasteiger partial charge in [0.15, 0.2) is 9.84 Å². The zero-order valence-corrected chi connectivity index (χ0v) is 13.8. The lowest BCUT2D eigenvalue weighted by Gasteiger charge is -2.16. The van der Waals surface area contributed by atoms with E-state index in [1.165, 1.54) is 6.20 Å². The molecule has 3 rings (SSSR count). The third-order valence-electron chi connectivity index (χ3n) is 4.07.